The van der Waals surface area contributed by atoms with Gasteiger partial charge in [0.1, 0.15) is 89.1 Å². The molecule has 33 atom stereocenters. The molecule has 9 aliphatic heterocycles. The lowest BCUT2D eigenvalue weighted by atomic mass is 9.42. The standard InChI is InChI=1S/C120H150O23/c1-67-16-49-97(121)76-52-55-115(4)77(58-76)61-98(138-109(124)70-19-31-80(130-10)32-20-70)106-91-47-44-89(119(91,8)101(64-94(106)115)141-112(127)73-25-37-83(133-13)38-26-73)68(2)17-50-104(122)137-87-54-57-117(6)79(60-87)63-100(140-111(126)72-23-35-82(132-12)36-24-72)108-93-48-45-90(120(93,9)103(66-96(108)117)143-114(129)75-29-41-85(135-15)42-30-75)69(3)18-51-105(123)136-86-53-56-116(5)78(59-86)62-99(139-110(125)71-21-33-81(131-11)34-22-71)107-92-46-43-88(67)118(92,7)102(65-95(107)116)142-113(128)74-27-39-84(134-14)40-28-74/h19-42,67-69,76-79,86-96,98-103,106-108H,16-18,43-66H2,1-15H3/t67-,68-,69-,76-,77+,78+,79+,86-,87-,88-,89-,90-,91+,92+,93+,94+,95+,96+,98-,99-,100-,101+,102+,103+,106+,107+,108+,115+,116+,117+,118-,119-,120-/m1/s1. The molecule has 21 fully saturated rings. The van der Waals surface area contributed by atoms with Crippen LogP contribution in [0.2, 0.25) is 0 Å². The lowest BCUT2D eigenvalue weighted by Gasteiger charge is -2.64. The zero-order valence-corrected chi connectivity index (χ0v) is 86.4. The van der Waals surface area contributed by atoms with Crippen LogP contribution in [0.3, 0.4) is 0 Å². The summed E-state index contributed by atoms with van der Waals surface area (Å²) in [5.74, 6) is -1.27. The number of hydrogen-bond acceptors (Lipinski definition) is 23. The van der Waals surface area contributed by atoms with Crippen LogP contribution in [0.15, 0.2) is 146 Å². The molecule has 768 valence electrons. The Morgan fingerprint density at radius 2 is 0.503 bits per heavy atom. The van der Waals surface area contributed by atoms with Crippen LogP contribution in [0.25, 0.3) is 0 Å². The molecular formula is C120H150O23. The van der Waals surface area contributed by atoms with Gasteiger partial charge < -0.3 is 66.3 Å². The van der Waals surface area contributed by atoms with Crippen molar-refractivity contribution < 1.29 is 109 Å². The van der Waals surface area contributed by atoms with E-state index in [1.165, 1.54) is 0 Å². The number of hydrogen-bond donors (Lipinski definition) is 0. The number of carbonyl (C=O) groups excluding carboxylic acids is 9. The van der Waals surface area contributed by atoms with Crippen molar-refractivity contribution >= 4 is 53.5 Å². The zero-order valence-electron chi connectivity index (χ0n) is 86.4. The van der Waals surface area contributed by atoms with E-state index in [-0.39, 0.29) is 159 Å². The third-order valence-corrected chi connectivity index (χ3v) is 41.4. The van der Waals surface area contributed by atoms with Crippen LogP contribution >= 0.6 is 0 Å². The van der Waals surface area contributed by atoms with E-state index < -0.39 is 101 Å². The molecule has 6 aromatic carbocycles. The van der Waals surface area contributed by atoms with E-state index in [2.05, 4.69) is 62.3 Å². The maximum Gasteiger partial charge on any atom is 0.338 e. The predicted octanol–water partition coefficient (Wildman–Crippen LogP) is 23.3. The van der Waals surface area contributed by atoms with Crippen LogP contribution in [0.5, 0.6) is 34.5 Å². The van der Waals surface area contributed by atoms with Gasteiger partial charge in [0.05, 0.1) is 76.0 Å². The fourth-order valence-electron chi connectivity index (χ4n) is 33.6. The number of methoxy groups -OCH3 is 6. The number of ether oxygens (including phenoxy) is 14. The van der Waals surface area contributed by atoms with E-state index in [4.69, 9.17) is 66.3 Å². The lowest BCUT2D eigenvalue weighted by molar-refractivity contribution is -0.210. The minimum absolute atomic E-state index is 0.0171. The van der Waals surface area contributed by atoms with Crippen LogP contribution in [0.4, 0.5) is 0 Å². The third kappa shape index (κ3) is 18.7. The largest absolute Gasteiger partial charge is 0.497 e. The van der Waals surface area contributed by atoms with Crippen LogP contribution in [0.1, 0.15) is 298 Å². The van der Waals surface area contributed by atoms with Crippen molar-refractivity contribution in [2.75, 3.05) is 42.7 Å². The van der Waals surface area contributed by atoms with E-state index in [1.807, 2.05) is 0 Å². The van der Waals surface area contributed by atoms with Crippen LogP contribution < -0.4 is 28.4 Å². The highest BCUT2D eigenvalue weighted by molar-refractivity contribution is 5.93. The van der Waals surface area contributed by atoms with Crippen molar-refractivity contribution in [3.8, 4) is 34.5 Å². The van der Waals surface area contributed by atoms with Crippen molar-refractivity contribution in [3.05, 3.63) is 179 Å². The topological polar surface area (TPSA) is 283 Å². The SMILES string of the molecule is COc1ccc(C(=O)O[C@H]2C[C@H]3[C@H]4[C@H](OC(=O)c5ccc(OC)cc5)C[C@@H]5C[C@@H](CC[C@@]53C)OC(=O)CC[C@@H](C)[C@H]3CC[C@H]5[C@@H]6[C@H](OC(=O)c7ccc(OC)cc7)C[C@@H]7C[C@@H](CC[C@]7(C)[C@H]6C[C@H](OC(=O)c6ccc(OC)cc6)[C@]35C)C(=O)CC[C@@H](C)[C@H]3CC[C@H]5[C@@H]6[C@H](OC(=O)c7ccc(OC)cc7)C[C@@H]7C[C@@H](CC[C@]7(C)[C@H]6C[C@H](OC(=O)c6ccc(OC)cc6)[C@]35C)OC(=O)CC[C@@H](C)[C@H]3CC[C@@H]4[C@]23C)cc1. The van der Waals surface area contributed by atoms with Gasteiger partial charge in [0.25, 0.3) is 0 Å². The number of ketones is 1. The van der Waals surface area contributed by atoms with E-state index in [9.17, 15) is 0 Å². The van der Waals surface area contributed by atoms with Gasteiger partial charge in [-0.05, 0) is 405 Å². The molecule has 6 aromatic rings. The summed E-state index contributed by atoms with van der Waals surface area (Å²) in [6.07, 6.45) is 11.2. The second-order valence-corrected chi connectivity index (χ2v) is 47.2. The second-order valence-electron chi connectivity index (χ2n) is 47.2. The van der Waals surface area contributed by atoms with Gasteiger partial charge in [0, 0.05) is 59.2 Å². The van der Waals surface area contributed by atoms with Gasteiger partial charge in [-0.15, -0.1) is 0 Å². The average Bonchev–Trinajstić information content (AvgIpc) is 1.63. The van der Waals surface area contributed by atoms with Crippen molar-refractivity contribution in [2.24, 2.45) is 145 Å². The Hall–Kier alpha value is -10.5. The third-order valence-electron chi connectivity index (χ3n) is 41.4. The van der Waals surface area contributed by atoms with E-state index in [0.717, 1.165) is 44.9 Å². The summed E-state index contributed by atoms with van der Waals surface area (Å²) in [5.41, 5.74) is -0.773. The molecular weight excluding hydrogens is 1810 g/mol. The summed E-state index contributed by atoms with van der Waals surface area (Å²) in [6.45, 7) is 20.9. The minimum Gasteiger partial charge on any atom is -0.497 e. The first-order valence-corrected chi connectivity index (χ1v) is 53.7. The summed E-state index contributed by atoms with van der Waals surface area (Å²) in [4.78, 5) is 137. The Bertz CT molecular complexity index is 5620. The van der Waals surface area contributed by atoms with E-state index in [1.54, 1.807) is 188 Å². The molecule has 27 rings (SSSR count). The molecule has 12 aliphatic carbocycles. The normalized spacial score (nSPS) is 38.7. The van der Waals surface area contributed by atoms with E-state index >= 15 is 43.2 Å². The smallest absolute Gasteiger partial charge is 0.338 e. The minimum atomic E-state index is -0.676. The molecule has 0 aromatic heterocycles. The quantitative estimate of drug-likeness (QED) is 0.0571. The summed E-state index contributed by atoms with van der Waals surface area (Å²) in [6, 6.07) is 42.2. The van der Waals surface area contributed by atoms with Gasteiger partial charge in [-0.25, -0.2) is 28.8 Å². The molecule has 23 heteroatoms. The Morgan fingerprint density at radius 1 is 0.266 bits per heavy atom. The molecule has 143 heavy (non-hydrogen) atoms. The van der Waals surface area contributed by atoms with Gasteiger partial charge in [-0.2, -0.15) is 0 Å². The fraction of sp³-hybridized carbons (Fsp3) is 0.625. The first-order valence-electron chi connectivity index (χ1n) is 53.7. The molecule has 0 unspecified atom stereocenters. The summed E-state index contributed by atoms with van der Waals surface area (Å²) in [5, 5.41) is 0. The number of esters is 8. The number of Topliss-reactive ketones (excluding diaryl/α,β-unsaturated/α-hetero) is 1. The second kappa shape index (κ2) is 40.8. The fourth-order valence-corrected chi connectivity index (χ4v) is 33.6. The molecule has 23 nitrogen and oxygen atoms in total. The Balaban J connectivity index is 0.682. The Kier molecular flexibility index (Phi) is 28.8. The van der Waals surface area contributed by atoms with Crippen LogP contribution in [-0.4, -0.2) is 145 Å². The molecule has 0 radical (unpaired) electrons. The lowest BCUT2D eigenvalue weighted by Crippen LogP contribution is -2.63. The highest BCUT2D eigenvalue weighted by atomic mass is 16.6. The monoisotopic (exact) mass is 1960 g/mol. The Labute approximate surface area is 843 Å². The number of carbonyl (C=O) groups is 9. The first kappa shape index (κ1) is 101. The molecule has 0 spiro atoms. The van der Waals surface area contributed by atoms with Gasteiger partial charge in [0.2, 0.25) is 0 Å². The maximum atomic E-state index is 15.8. The predicted molar refractivity (Wildman–Crippen MR) is 535 cm³/mol. The molecule has 12 saturated carbocycles. The molecule has 21 aliphatic rings. The molecule has 9 heterocycles. The average molecular weight is 1960 g/mol. The van der Waals surface area contributed by atoms with Crippen molar-refractivity contribution in [1.82, 2.24) is 0 Å². The molecule has 24 bridgehead atoms. The molecule has 0 amide bonds. The summed E-state index contributed by atoms with van der Waals surface area (Å²) >= 11 is 0. The van der Waals surface area contributed by atoms with E-state index in [0.29, 0.717) is 183 Å². The van der Waals surface area contributed by atoms with Gasteiger partial charge >= 0.3 is 47.8 Å². The molecule has 0 N–H and O–H groups in total. The maximum absolute atomic E-state index is 15.8. The van der Waals surface area contributed by atoms with Gasteiger partial charge in [-0.3, -0.25) is 14.4 Å². The van der Waals surface area contributed by atoms with Crippen molar-refractivity contribution in [1.29, 1.82) is 0 Å². The molecule has 9 saturated heterocycles. The summed E-state index contributed by atoms with van der Waals surface area (Å²) < 4.78 is 89.9. The van der Waals surface area contributed by atoms with Crippen molar-refractivity contribution in [3.63, 3.8) is 0 Å². The van der Waals surface area contributed by atoms with Crippen LogP contribution in [0, 0.1) is 145 Å². The Morgan fingerprint density at radius 3 is 0.769 bits per heavy atom. The van der Waals surface area contributed by atoms with Gasteiger partial charge in [-0.1, -0.05) is 62.3 Å². The highest BCUT2D eigenvalue weighted by Crippen LogP contribution is 2.75. The van der Waals surface area contributed by atoms with Crippen LogP contribution in [-0.2, 0) is 52.3 Å². The zero-order chi connectivity index (χ0) is 101. The highest BCUT2D eigenvalue weighted by Gasteiger charge is 2.73. The van der Waals surface area contributed by atoms with Gasteiger partial charge in [0.15, 0.2) is 0 Å². The summed E-state index contributed by atoms with van der Waals surface area (Å²) in [7, 11) is 9.56. The first-order chi connectivity index (χ1) is 68.6. The number of benzene rings is 6. The van der Waals surface area contributed by atoms with Crippen molar-refractivity contribution in [2.45, 2.75) is 285 Å². The number of rotatable bonds is 18.